The third kappa shape index (κ3) is 12.7. The zero-order chi connectivity index (χ0) is 2.71. The van der Waals surface area contributed by atoms with E-state index in [1.807, 2.05) is 0 Å². The topological polar surface area (TPSA) is 52.0 Å². The third-order valence-corrected chi connectivity index (χ3v) is 0. The van der Waals surface area contributed by atoms with Gasteiger partial charge in [0.25, 0.3) is 0 Å². The Balaban J connectivity index is 0. The van der Waals surface area contributed by atoms with E-state index >= 15 is 0 Å². The maximum Gasteiger partial charge on any atom is 1.00 e. The number of hydrogen-bond donors (Lipinski definition) is 2. The van der Waals surface area contributed by atoms with Crippen LogP contribution in [0.15, 0.2) is 0 Å². The van der Waals surface area contributed by atoms with Crippen LogP contribution in [0.5, 0.6) is 0 Å². The fraction of sp³-hybridized carbons (Fsp3) is 1.00. The summed E-state index contributed by atoms with van der Waals surface area (Å²) in [4.78, 5) is 0. The van der Waals surface area contributed by atoms with Crippen LogP contribution in [0.25, 0.3) is 0 Å². The van der Waals surface area contributed by atoms with Crippen LogP contribution in [0.2, 0.25) is 0 Å². The molecule has 0 saturated heterocycles. The van der Waals surface area contributed by atoms with Gasteiger partial charge in [-0.25, -0.2) is 0 Å². The molecule has 0 unspecified atom stereocenters. The Kier molecular flexibility index (Phi) is 20.1. The minimum Gasteiger partial charge on any atom is -0.319 e. The zero-order valence-electron chi connectivity index (χ0n) is 2.86. The number of rotatable bonds is 0. The van der Waals surface area contributed by atoms with E-state index in [0.717, 1.165) is 0 Å². The Morgan fingerprint density at radius 3 is 1.25 bits per heavy atom. The summed E-state index contributed by atoms with van der Waals surface area (Å²) in [6.07, 6.45) is 0. The summed E-state index contributed by atoms with van der Waals surface area (Å²) in [7, 11) is 0. The van der Waals surface area contributed by atoms with Gasteiger partial charge in [-0.1, -0.05) is 0 Å². The van der Waals surface area contributed by atoms with Crippen LogP contribution in [0.3, 0.4) is 0 Å². The van der Waals surface area contributed by atoms with E-state index in [4.69, 9.17) is 0 Å². The van der Waals surface area contributed by atoms with E-state index < -0.39 is 0 Å². The molecule has 0 aliphatic carbocycles. The van der Waals surface area contributed by atoms with Crippen molar-refractivity contribution in [3.8, 4) is 0 Å². The molecule has 0 aromatic carbocycles. The number of nitrogens with two attached hydrogens (primary N) is 2. The molecule has 0 heterocycles. The molecule has 0 amide bonds. The second-order valence-corrected chi connectivity index (χ2v) is 0.236. The summed E-state index contributed by atoms with van der Waals surface area (Å²) in [6, 6.07) is 0. The van der Waals surface area contributed by atoms with E-state index in [1.165, 1.54) is 0 Å². The molecular weight excluding hydrogens is 63.0 g/mol. The molecule has 0 aromatic rings. The summed E-state index contributed by atoms with van der Waals surface area (Å²) >= 11 is 0. The minimum absolute atomic E-state index is 0. The first-order valence-corrected chi connectivity index (χ1v) is 0.816. The van der Waals surface area contributed by atoms with Gasteiger partial charge in [0.1, 0.15) is 0 Å². The largest absolute Gasteiger partial charge is 1.00 e. The van der Waals surface area contributed by atoms with Gasteiger partial charge in [-0.05, 0) is 0 Å². The van der Waals surface area contributed by atoms with Crippen molar-refractivity contribution in [3.05, 3.63) is 0 Å². The molecule has 0 aliphatic rings. The van der Waals surface area contributed by atoms with Crippen LogP contribution in [0, 0.1) is 0 Å². The Morgan fingerprint density at radius 2 is 1.25 bits per heavy atom. The standard InChI is InChI=1S/CH6N2.Na/c2-1-3;/h1-3H2;/q;+1. The molecule has 2 nitrogen and oxygen atoms in total. The Hall–Kier alpha value is 0.920. The summed E-state index contributed by atoms with van der Waals surface area (Å²) in [6.45, 7) is 0.250. The SMILES string of the molecule is NCN.[Na+]. The average molecular weight is 69.1 g/mol. The van der Waals surface area contributed by atoms with Gasteiger partial charge >= 0.3 is 29.6 Å². The summed E-state index contributed by atoms with van der Waals surface area (Å²) in [5.74, 6) is 0. The molecule has 0 aliphatic heterocycles. The van der Waals surface area contributed by atoms with Gasteiger partial charge in [-0.2, -0.15) is 0 Å². The van der Waals surface area contributed by atoms with Crippen molar-refractivity contribution < 1.29 is 29.6 Å². The van der Waals surface area contributed by atoms with Crippen molar-refractivity contribution >= 4 is 0 Å². The fourth-order valence-corrected chi connectivity index (χ4v) is 0. The monoisotopic (exact) mass is 69.0 g/mol. The smallest absolute Gasteiger partial charge is 0.319 e. The quantitative estimate of drug-likeness (QED) is 0.224. The maximum absolute atomic E-state index is 4.62. The van der Waals surface area contributed by atoms with Crippen molar-refractivity contribution in [1.82, 2.24) is 0 Å². The van der Waals surface area contributed by atoms with Crippen molar-refractivity contribution in [1.29, 1.82) is 0 Å². The normalized spacial score (nSPS) is 4.50. The summed E-state index contributed by atoms with van der Waals surface area (Å²) in [5.41, 5.74) is 9.25. The van der Waals surface area contributed by atoms with Crippen molar-refractivity contribution in [2.45, 2.75) is 0 Å². The van der Waals surface area contributed by atoms with Gasteiger partial charge in [0.2, 0.25) is 0 Å². The van der Waals surface area contributed by atoms with Crippen LogP contribution in [0.1, 0.15) is 0 Å². The van der Waals surface area contributed by atoms with Crippen molar-refractivity contribution in [3.63, 3.8) is 0 Å². The summed E-state index contributed by atoms with van der Waals surface area (Å²) < 4.78 is 0. The van der Waals surface area contributed by atoms with Crippen molar-refractivity contribution in [2.75, 3.05) is 6.67 Å². The predicted octanol–water partition coefficient (Wildman–Crippen LogP) is -4.13. The first kappa shape index (κ1) is 8.87. The van der Waals surface area contributed by atoms with Crippen molar-refractivity contribution in [2.24, 2.45) is 11.5 Å². The van der Waals surface area contributed by atoms with Gasteiger partial charge in [0.15, 0.2) is 0 Å². The van der Waals surface area contributed by atoms with E-state index in [9.17, 15) is 0 Å². The van der Waals surface area contributed by atoms with E-state index in [1.54, 1.807) is 0 Å². The maximum atomic E-state index is 4.62. The molecule has 0 radical (unpaired) electrons. The molecule has 0 saturated carbocycles. The molecule has 0 aromatic heterocycles. The molecule has 3 heteroatoms. The predicted molar refractivity (Wildman–Crippen MR) is 13.2 cm³/mol. The zero-order valence-corrected chi connectivity index (χ0v) is 4.86. The molecule has 0 rings (SSSR count). The third-order valence-electron chi connectivity index (χ3n) is 0. The Bertz CT molecular complexity index is 6.00. The van der Waals surface area contributed by atoms with Crippen LogP contribution in [0.4, 0.5) is 0 Å². The van der Waals surface area contributed by atoms with Gasteiger partial charge in [-0.15, -0.1) is 0 Å². The number of hydrogen-bond acceptors (Lipinski definition) is 2. The first-order valence-electron chi connectivity index (χ1n) is 0.816. The second kappa shape index (κ2) is 9.07. The van der Waals surface area contributed by atoms with Gasteiger partial charge in [-0.3, -0.25) is 0 Å². The molecule has 4 heavy (non-hydrogen) atoms. The van der Waals surface area contributed by atoms with E-state index in [2.05, 4.69) is 11.5 Å². The molecule has 4 N–H and O–H groups in total. The second-order valence-electron chi connectivity index (χ2n) is 0.236. The van der Waals surface area contributed by atoms with Crippen LogP contribution >= 0.6 is 0 Å². The van der Waals surface area contributed by atoms with E-state index in [0.29, 0.717) is 0 Å². The van der Waals surface area contributed by atoms with Gasteiger partial charge < -0.3 is 11.5 Å². The van der Waals surface area contributed by atoms with Crippen LogP contribution in [-0.4, -0.2) is 6.67 Å². The Labute approximate surface area is 47.8 Å². The molecule has 20 valence electrons. The van der Waals surface area contributed by atoms with Crippen LogP contribution < -0.4 is 41.0 Å². The summed E-state index contributed by atoms with van der Waals surface area (Å²) in [5, 5.41) is 0. The molecule has 0 spiro atoms. The first-order chi connectivity index (χ1) is 1.41. The molecule has 0 atom stereocenters. The minimum atomic E-state index is 0. The van der Waals surface area contributed by atoms with Gasteiger partial charge in [0, 0.05) is 6.67 Å². The van der Waals surface area contributed by atoms with Crippen LogP contribution in [-0.2, 0) is 0 Å². The fourth-order valence-electron chi connectivity index (χ4n) is 0. The molecule has 0 bridgehead atoms. The molecule has 0 fully saturated rings. The van der Waals surface area contributed by atoms with E-state index in [-0.39, 0.29) is 36.2 Å². The van der Waals surface area contributed by atoms with Gasteiger partial charge in [0.05, 0.1) is 0 Å². The Morgan fingerprint density at radius 1 is 1.25 bits per heavy atom. The average Bonchev–Trinajstić information content (AvgIpc) is 0.918. The molecular formula is CH6N2Na+.